The highest BCUT2D eigenvalue weighted by Crippen LogP contribution is 2.36. The first kappa shape index (κ1) is 22.5. The molecule has 35 heavy (non-hydrogen) atoms. The number of hydrogen-bond donors (Lipinski definition) is 1. The van der Waals surface area contributed by atoms with Crippen molar-refractivity contribution >= 4 is 11.4 Å². The lowest BCUT2D eigenvalue weighted by Gasteiger charge is -2.30. The molecule has 0 aliphatic carbocycles. The molecule has 170 valence electrons. The molecule has 0 bridgehead atoms. The van der Waals surface area contributed by atoms with Gasteiger partial charge in [0.05, 0.1) is 11.4 Å². The summed E-state index contributed by atoms with van der Waals surface area (Å²) in [5, 5.41) is 12.3. The molecule has 0 saturated heterocycles. The molecule has 0 heterocycles. The molecule has 0 aromatic heterocycles. The second-order valence-electron chi connectivity index (χ2n) is 8.58. The Morgan fingerprint density at radius 2 is 1.00 bits per heavy atom. The second-order valence-corrected chi connectivity index (χ2v) is 8.58. The summed E-state index contributed by atoms with van der Waals surface area (Å²) in [6, 6.07) is 48.3. The van der Waals surface area contributed by atoms with Gasteiger partial charge in [-0.3, -0.25) is 4.99 Å². The fraction of sp³-hybridized carbons (Fsp3) is 0.0606. The molecule has 2 nitrogen and oxygen atoms in total. The summed E-state index contributed by atoms with van der Waals surface area (Å²) in [6.07, 6.45) is 0.328. The van der Waals surface area contributed by atoms with E-state index in [1.165, 1.54) is 0 Å². The highest BCUT2D eigenvalue weighted by Gasteiger charge is 2.33. The van der Waals surface area contributed by atoms with Crippen molar-refractivity contribution in [2.24, 2.45) is 4.99 Å². The summed E-state index contributed by atoms with van der Waals surface area (Å²) in [6.45, 7) is 0. The van der Waals surface area contributed by atoms with Crippen LogP contribution in [0.3, 0.4) is 0 Å². The van der Waals surface area contributed by atoms with Crippen LogP contribution >= 0.6 is 0 Å². The van der Waals surface area contributed by atoms with Crippen LogP contribution in [-0.4, -0.2) is 10.8 Å². The van der Waals surface area contributed by atoms with Crippen molar-refractivity contribution in [1.82, 2.24) is 0 Å². The Bertz CT molecular complexity index is 1360. The van der Waals surface area contributed by atoms with Crippen molar-refractivity contribution in [2.75, 3.05) is 0 Å². The predicted octanol–water partition coefficient (Wildman–Crippen LogP) is 7.80. The van der Waals surface area contributed by atoms with Gasteiger partial charge in [0.15, 0.2) is 0 Å². The normalized spacial score (nSPS) is 11.9. The smallest absolute Gasteiger partial charge is 0.120 e. The minimum atomic E-state index is -1.24. The maximum atomic E-state index is 12.3. The number of rotatable bonds is 7. The summed E-state index contributed by atoms with van der Waals surface area (Å²) in [4.78, 5) is 5.20. The minimum absolute atomic E-state index is 0.328. The van der Waals surface area contributed by atoms with E-state index in [-0.39, 0.29) is 0 Å². The maximum absolute atomic E-state index is 12.3. The highest BCUT2D eigenvalue weighted by molar-refractivity contribution is 6.03. The average molecular weight is 454 g/mol. The van der Waals surface area contributed by atoms with Gasteiger partial charge in [0.25, 0.3) is 0 Å². The largest absolute Gasteiger partial charge is 0.380 e. The third kappa shape index (κ3) is 4.98. The standard InChI is InChI=1S/C33H27NO/c35-33(28-19-9-3-10-20-28,29-21-11-4-12-22-29)25-32(27-17-7-2-8-18-27)34-31-24-14-13-23-30(31)26-15-5-1-6-16-26/h1-24,35H,25H2. The molecule has 0 atom stereocenters. The van der Waals surface area contributed by atoms with E-state index >= 15 is 0 Å². The molecule has 0 spiro atoms. The van der Waals surface area contributed by atoms with Gasteiger partial charge in [0.1, 0.15) is 5.60 Å². The highest BCUT2D eigenvalue weighted by atomic mass is 16.3. The first-order chi connectivity index (χ1) is 17.2. The summed E-state index contributed by atoms with van der Waals surface area (Å²) in [5.74, 6) is 0. The first-order valence-electron chi connectivity index (χ1n) is 11.8. The van der Waals surface area contributed by atoms with Crippen molar-refractivity contribution in [3.63, 3.8) is 0 Å². The number of aliphatic imine (C=N–C) groups is 1. The van der Waals surface area contributed by atoms with E-state index in [1.807, 2.05) is 115 Å². The Labute approximate surface area is 206 Å². The molecule has 0 amide bonds. The molecule has 0 unspecified atom stereocenters. The third-order valence-electron chi connectivity index (χ3n) is 6.28. The second kappa shape index (κ2) is 10.3. The lowest BCUT2D eigenvalue weighted by molar-refractivity contribution is 0.0891. The first-order valence-corrected chi connectivity index (χ1v) is 11.8. The van der Waals surface area contributed by atoms with E-state index < -0.39 is 5.60 Å². The van der Waals surface area contributed by atoms with Gasteiger partial charge in [0, 0.05) is 12.0 Å². The quantitative estimate of drug-likeness (QED) is 0.251. The van der Waals surface area contributed by atoms with Crippen LogP contribution < -0.4 is 0 Å². The van der Waals surface area contributed by atoms with Gasteiger partial charge in [-0.2, -0.15) is 0 Å². The Kier molecular flexibility index (Phi) is 6.65. The van der Waals surface area contributed by atoms with Crippen LogP contribution in [0.1, 0.15) is 23.1 Å². The molecular formula is C33H27NO. The van der Waals surface area contributed by atoms with Gasteiger partial charge in [0.2, 0.25) is 0 Å². The zero-order valence-corrected chi connectivity index (χ0v) is 19.5. The van der Waals surface area contributed by atoms with Gasteiger partial charge >= 0.3 is 0 Å². The Hall–Kier alpha value is -4.27. The number of benzene rings is 5. The SMILES string of the molecule is OC(CC(=Nc1ccccc1-c1ccccc1)c1ccccc1)(c1ccccc1)c1ccccc1. The van der Waals surface area contributed by atoms with Crippen LogP contribution in [0.2, 0.25) is 0 Å². The van der Waals surface area contributed by atoms with Gasteiger partial charge in [-0.25, -0.2) is 0 Å². The molecule has 5 rings (SSSR count). The molecule has 0 fully saturated rings. The fourth-order valence-electron chi connectivity index (χ4n) is 4.46. The van der Waals surface area contributed by atoms with Gasteiger partial charge in [-0.05, 0) is 28.3 Å². The third-order valence-corrected chi connectivity index (χ3v) is 6.28. The van der Waals surface area contributed by atoms with E-state index in [4.69, 9.17) is 4.99 Å². The summed E-state index contributed by atoms with van der Waals surface area (Å²) < 4.78 is 0. The minimum Gasteiger partial charge on any atom is -0.380 e. The zero-order chi connectivity index (χ0) is 23.9. The van der Waals surface area contributed by atoms with Crippen molar-refractivity contribution in [1.29, 1.82) is 0 Å². The topological polar surface area (TPSA) is 32.6 Å². The number of nitrogens with zero attached hydrogens (tertiary/aromatic N) is 1. The monoisotopic (exact) mass is 453 g/mol. The van der Waals surface area contributed by atoms with Crippen LogP contribution in [0, 0.1) is 0 Å². The van der Waals surface area contributed by atoms with Crippen LogP contribution in [0.5, 0.6) is 0 Å². The molecule has 5 aromatic carbocycles. The Morgan fingerprint density at radius 1 is 0.543 bits per heavy atom. The zero-order valence-electron chi connectivity index (χ0n) is 19.5. The van der Waals surface area contributed by atoms with E-state index in [0.29, 0.717) is 6.42 Å². The molecule has 0 saturated carbocycles. The van der Waals surface area contributed by atoms with E-state index in [9.17, 15) is 5.11 Å². The Morgan fingerprint density at radius 3 is 1.57 bits per heavy atom. The van der Waals surface area contributed by atoms with Crippen molar-refractivity contribution in [3.05, 3.63) is 162 Å². The summed E-state index contributed by atoms with van der Waals surface area (Å²) in [7, 11) is 0. The van der Waals surface area contributed by atoms with Gasteiger partial charge in [-0.1, -0.05) is 140 Å². The number of aliphatic hydroxyl groups is 1. The lowest BCUT2D eigenvalue weighted by atomic mass is 9.81. The van der Waals surface area contributed by atoms with Crippen molar-refractivity contribution in [3.8, 4) is 11.1 Å². The van der Waals surface area contributed by atoms with Crippen molar-refractivity contribution in [2.45, 2.75) is 12.0 Å². The maximum Gasteiger partial charge on any atom is 0.120 e. The molecule has 5 aromatic rings. The van der Waals surface area contributed by atoms with E-state index in [1.54, 1.807) is 0 Å². The Balaban J connectivity index is 1.67. The molecule has 0 radical (unpaired) electrons. The average Bonchev–Trinajstić information content (AvgIpc) is 2.95. The molecule has 2 heteroatoms. The number of para-hydroxylation sites is 1. The molecule has 0 aliphatic heterocycles. The predicted molar refractivity (Wildman–Crippen MR) is 145 cm³/mol. The number of hydrogen-bond acceptors (Lipinski definition) is 2. The van der Waals surface area contributed by atoms with Crippen LogP contribution in [-0.2, 0) is 5.60 Å². The molecular weight excluding hydrogens is 426 g/mol. The van der Waals surface area contributed by atoms with Gasteiger partial charge in [-0.15, -0.1) is 0 Å². The summed E-state index contributed by atoms with van der Waals surface area (Å²) in [5.41, 5.74) is 5.30. The van der Waals surface area contributed by atoms with Crippen LogP contribution in [0.4, 0.5) is 5.69 Å². The van der Waals surface area contributed by atoms with Crippen LogP contribution in [0.15, 0.2) is 151 Å². The van der Waals surface area contributed by atoms with Gasteiger partial charge < -0.3 is 5.11 Å². The summed E-state index contributed by atoms with van der Waals surface area (Å²) >= 11 is 0. The van der Waals surface area contributed by atoms with Crippen molar-refractivity contribution < 1.29 is 5.11 Å². The molecule has 1 N–H and O–H groups in total. The fourth-order valence-corrected chi connectivity index (χ4v) is 4.46. The van der Waals surface area contributed by atoms with E-state index in [0.717, 1.165) is 39.2 Å². The lowest BCUT2D eigenvalue weighted by Crippen LogP contribution is -2.31. The van der Waals surface area contributed by atoms with Crippen LogP contribution in [0.25, 0.3) is 11.1 Å². The molecule has 0 aliphatic rings. The van der Waals surface area contributed by atoms with E-state index in [2.05, 4.69) is 30.3 Å².